The van der Waals surface area contributed by atoms with E-state index < -0.39 is 0 Å². The van der Waals surface area contributed by atoms with Crippen LogP contribution in [0.4, 0.5) is 0 Å². The van der Waals surface area contributed by atoms with Crippen LogP contribution in [0.25, 0.3) is 0 Å². The summed E-state index contributed by atoms with van der Waals surface area (Å²) in [6.07, 6.45) is 2.51. The molecule has 1 saturated heterocycles. The Morgan fingerprint density at radius 1 is 1.59 bits per heavy atom. The highest BCUT2D eigenvalue weighted by Gasteiger charge is 2.31. The van der Waals surface area contributed by atoms with Gasteiger partial charge in [0, 0.05) is 18.8 Å². The van der Waals surface area contributed by atoms with Gasteiger partial charge in [-0.05, 0) is 18.6 Å². The predicted octanol–water partition coefficient (Wildman–Crippen LogP) is 0.575. The summed E-state index contributed by atoms with van der Waals surface area (Å²) < 4.78 is 0. The number of rotatable bonds is 4. The van der Waals surface area contributed by atoms with Crippen molar-refractivity contribution in [3.63, 3.8) is 0 Å². The Kier molecular flexibility index (Phi) is 3.68. The van der Waals surface area contributed by atoms with Crippen LogP contribution in [0.2, 0.25) is 0 Å². The topological polar surface area (TPSA) is 58.1 Å². The Labute approximate surface area is 101 Å². The second kappa shape index (κ2) is 5.23. The van der Waals surface area contributed by atoms with E-state index in [1.165, 1.54) is 0 Å². The lowest BCUT2D eigenvalue weighted by molar-refractivity contribution is -0.130. The Morgan fingerprint density at radius 3 is 3.06 bits per heavy atom. The molecule has 17 heavy (non-hydrogen) atoms. The molecule has 5 nitrogen and oxygen atoms in total. The number of amides is 1. The second-order valence-electron chi connectivity index (χ2n) is 4.64. The fourth-order valence-electron chi connectivity index (χ4n) is 2.07. The third-order valence-electron chi connectivity index (χ3n) is 2.81. The number of hydrogen-bond donors (Lipinski definition) is 1. The predicted molar refractivity (Wildman–Crippen MR) is 64.1 cm³/mol. The smallest absolute Gasteiger partial charge is 0.240 e. The Morgan fingerprint density at radius 2 is 2.41 bits per heavy atom. The minimum absolute atomic E-state index is 0.0355. The summed E-state index contributed by atoms with van der Waals surface area (Å²) in [5, 5.41) is 11.1. The molecule has 0 aliphatic carbocycles. The van der Waals surface area contributed by atoms with Crippen LogP contribution in [-0.4, -0.2) is 39.6 Å². The van der Waals surface area contributed by atoms with E-state index in [-0.39, 0.29) is 11.9 Å². The van der Waals surface area contributed by atoms with Gasteiger partial charge < -0.3 is 10.2 Å². The highest BCUT2D eigenvalue weighted by molar-refractivity contribution is 5.83. The van der Waals surface area contributed by atoms with Crippen LogP contribution >= 0.6 is 0 Å². The SMILES string of the molecule is CC(C)NC1CCN(Cc2cccnn2)C1=O. The van der Waals surface area contributed by atoms with Gasteiger partial charge >= 0.3 is 0 Å². The third-order valence-corrected chi connectivity index (χ3v) is 2.81. The van der Waals surface area contributed by atoms with Crippen molar-refractivity contribution in [3.8, 4) is 0 Å². The van der Waals surface area contributed by atoms with Gasteiger partial charge in [-0.1, -0.05) is 13.8 Å². The monoisotopic (exact) mass is 234 g/mol. The van der Waals surface area contributed by atoms with E-state index in [1.807, 2.05) is 17.0 Å². The third kappa shape index (κ3) is 3.00. The zero-order valence-corrected chi connectivity index (χ0v) is 10.3. The van der Waals surface area contributed by atoms with E-state index in [1.54, 1.807) is 6.20 Å². The first kappa shape index (κ1) is 12.0. The van der Waals surface area contributed by atoms with Crippen LogP contribution in [-0.2, 0) is 11.3 Å². The molecule has 1 aromatic heterocycles. The second-order valence-corrected chi connectivity index (χ2v) is 4.64. The molecule has 1 amide bonds. The molecule has 2 heterocycles. The summed E-state index contributed by atoms with van der Waals surface area (Å²) >= 11 is 0. The van der Waals surface area contributed by atoms with Crippen LogP contribution in [0, 0.1) is 0 Å². The summed E-state index contributed by atoms with van der Waals surface area (Å²) in [7, 11) is 0. The molecule has 2 rings (SSSR count). The first-order valence-corrected chi connectivity index (χ1v) is 5.98. The molecule has 1 aromatic rings. The molecule has 0 bridgehead atoms. The van der Waals surface area contributed by atoms with Gasteiger partial charge in [0.05, 0.1) is 18.3 Å². The molecule has 1 N–H and O–H groups in total. The summed E-state index contributed by atoms with van der Waals surface area (Å²) in [6.45, 7) is 5.46. The van der Waals surface area contributed by atoms with Crippen molar-refractivity contribution in [3.05, 3.63) is 24.0 Å². The van der Waals surface area contributed by atoms with Crippen molar-refractivity contribution in [1.29, 1.82) is 0 Å². The Balaban J connectivity index is 1.94. The normalized spacial score (nSPS) is 20.3. The number of likely N-dealkylation sites (tertiary alicyclic amines) is 1. The molecule has 5 heteroatoms. The van der Waals surface area contributed by atoms with Crippen molar-refractivity contribution in [1.82, 2.24) is 20.4 Å². The lowest BCUT2D eigenvalue weighted by Crippen LogP contribution is -2.41. The molecule has 0 spiro atoms. The summed E-state index contributed by atoms with van der Waals surface area (Å²) in [5.74, 6) is 0.171. The average molecular weight is 234 g/mol. The molecule has 92 valence electrons. The molecule has 1 aliphatic heterocycles. The number of carbonyl (C=O) groups is 1. The molecular weight excluding hydrogens is 216 g/mol. The summed E-state index contributed by atoms with van der Waals surface area (Å²) in [4.78, 5) is 13.9. The standard InChI is InChI=1S/C12H18N4O/c1-9(2)14-11-5-7-16(12(11)17)8-10-4-3-6-13-15-10/h3-4,6,9,11,14H,5,7-8H2,1-2H3. The van der Waals surface area contributed by atoms with Crippen molar-refractivity contribution in [2.24, 2.45) is 0 Å². The highest BCUT2D eigenvalue weighted by atomic mass is 16.2. The van der Waals surface area contributed by atoms with Gasteiger partial charge in [-0.25, -0.2) is 0 Å². The number of nitrogens with one attached hydrogen (secondary N) is 1. The van der Waals surface area contributed by atoms with E-state index in [0.717, 1.165) is 18.7 Å². The van der Waals surface area contributed by atoms with Crippen molar-refractivity contribution >= 4 is 5.91 Å². The molecular formula is C12H18N4O. The first-order valence-electron chi connectivity index (χ1n) is 5.98. The lowest BCUT2D eigenvalue weighted by atomic mass is 10.2. The zero-order valence-electron chi connectivity index (χ0n) is 10.3. The first-order chi connectivity index (χ1) is 8.16. The number of hydrogen-bond acceptors (Lipinski definition) is 4. The summed E-state index contributed by atoms with van der Waals surface area (Å²) in [6, 6.07) is 4.03. The van der Waals surface area contributed by atoms with E-state index in [9.17, 15) is 4.79 Å². The van der Waals surface area contributed by atoms with Crippen LogP contribution in [0.5, 0.6) is 0 Å². The van der Waals surface area contributed by atoms with Gasteiger partial charge in [0.25, 0.3) is 0 Å². The van der Waals surface area contributed by atoms with Gasteiger partial charge in [-0.3, -0.25) is 4.79 Å². The van der Waals surface area contributed by atoms with Crippen LogP contribution < -0.4 is 5.32 Å². The molecule has 1 atom stereocenters. The van der Waals surface area contributed by atoms with E-state index in [0.29, 0.717) is 12.6 Å². The van der Waals surface area contributed by atoms with Crippen molar-refractivity contribution in [2.75, 3.05) is 6.54 Å². The van der Waals surface area contributed by atoms with Crippen molar-refractivity contribution < 1.29 is 4.79 Å². The largest absolute Gasteiger partial charge is 0.335 e. The molecule has 1 unspecified atom stereocenters. The molecule has 1 aliphatic rings. The van der Waals surface area contributed by atoms with E-state index in [4.69, 9.17) is 0 Å². The zero-order chi connectivity index (χ0) is 12.3. The Hall–Kier alpha value is -1.49. The lowest BCUT2D eigenvalue weighted by Gasteiger charge is -2.17. The summed E-state index contributed by atoms with van der Waals surface area (Å²) in [5.41, 5.74) is 0.839. The maximum atomic E-state index is 12.1. The fraction of sp³-hybridized carbons (Fsp3) is 0.583. The molecule has 0 radical (unpaired) electrons. The fourth-order valence-corrected chi connectivity index (χ4v) is 2.07. The minimum atomic E-state index is -0.0355. The van der Waals surface area contributed by atoms with Gasteiger partial charge in [0.2, 0.25) is 5.91 Å². The number of aromatic nitrogens is 2. The Bertz CT molecular complexity index is 379. The van der Waals surface area contributed by atoms with Gasteiger partial charge in [0.15, 0.2) is 0 Å². The molecule has 0 aromatic carbocycles. The van der Waals surface area contributed by atoms with Crippen molar-refractivity contribution in [2.45, 2.75) is 38.9 Å². The van der Waals surface area contributed by atoms with Crippen LogP contribution in [0.3, 0.4) is 0 Å². The maximum Gasteiger partial charge on any atom is 0.240 e. The maximum absolute atomic E-state index is 12.1. The van der Waals surface area contributed by atoms with Gasteiger partial charge in [-0.15, -0.1) is 0 Å². The molecule has 1 fully saturated rings. The van der Waals surface area contributed by atoms with Gasteiger partial charge in [-0.2, -0.15) is 10.2 Å². The van der Waals surface area contributed by atoms with E-state index in [2.05, 4.69) is 29.4 Å². The van der Waals surface area contributed by atoms with Crippen LogP contribution in [0.1, 0.15) is 26.0 Å². The average Bonchev–Trinajstić information content (AvgIpc) is 2.62. The minimum Gasteiger partial charge on any atom is -0.335 e. The number of carbonyl (C=O) groups excluding carboxylic acids is 1. The van der Waals surface area contributed by atoms with E-state index >= 15 is 0 Å². The highest BCUT2D eigenvalue weighted by Crippen LogP contribution is 2.14. The molecule has 0 saturated carbocycles. The quantitative estimate of drug-likeness (QED) is 0.827. The number of nitrogens with zero attached hydrogens (tertiary/aromatic N) is 3. The van der Waals surface area contributed by atoms with Gasteiger partial charge in [0.1, 0.15) is 0 Å². The van der Waals surface area contributed by atoms with Crippen LogP contribution in [0.15, 0.2) is 18.3 Å².